The van der Waals surface area contributed by atoms with Crippen molar-refractivity contribution in [2.75, 3.05) is 13.2 Å². The number of hydrogen-bond donors (Lipinski definition) is 1. The molecule has 0 bridgehead atoms. The lowest BCUT2D eigenvalue weighted by Crippen LogP contribution is -2.25. The number of nitro groups is 1. The molecule has 26 heavy (non-hydrogen) atoms. The summed E-state index contributed by atoms with van der Waals surface area (Å²) in [7, 11) is 0. The zero-order chi connectivity index (χ0) is 19.3. The molecule has 1 heterocycles. The quantitative estimate of drug-likeness (QED) is 0.548. The van der Waals surface area contributed by atoms with E-state index in [0.29, 0.717) is 34.5 Å². The minimum absolute atomic E-state index is 0.0347. The minimum Gasteiger partial charge on any atom is -0.490 e. The molecule has 140 valence electrons. The molecule has 0 aliphatic rings. The molecule has 1 aromatic heterocycles. The van der Waals surface area contributed by atoms with Gasteiger partial charge in [0.15, 0.2) is 11.5 Å². The Morgan fingerprint density at radius 3 is 2.46 bits per heavy atom. The van der Waals surface area contributed by atoms with Crippen LogP contribution in [0.3, 0.4) is 0 Å². The highest BCUT2D eigenvalue weighted by Gasteiger charge is 2.21. The third-order valence-corrected chi connectivity index (χ3v) is 4.77. The summed E-state index contributed by atoms with van der Waals surface area (Å²) in [5, 5.41) is 13.8. The molecule has 1 amide bonds. The first-order chi connectivity index (χ1) is 12.4. The number of hydrogen-bond acceptors (Lipinski definition) is 6. The van der Waals surface area contributed by atoms with Gasteiger partial charge in [-0.3, -0.25) is 14.9 Å². The van der Waals surface area contributed by atoms with Gasteiger partial charge in [-0.25, -0.2) is 0 Å². The van der Waals surface area contributed by atoms with Crippen molar-refractivity contribution >= 4 is 22.9 Å². The summed E-state index contributed by atoms with van der Waals surface area (Å²) in [6, 6.07) is 6.53. The zero-order valence-corrected chi connectivity index (χ0v) is 16.0. The second-order valence-corrected chi connectivity index (χ2v) is 6.83. The highest BCUT2D eigenvalue weighted by molar-refractivity contribution is 7.14. The maximum absolute atomic E-state index is 12.4. The van der Waals surface area contributed by atoms with Crippen molar-refractivity contribution in [3.8, 4) is 11.5 Å². The van der Waals surface area contributed by atoms with E-state index in [1.807, 2.05) is 39.0 Å². The molecule has 0 spiro atoms. The van der Waals surface area contributed by atoms with E-state index in [4.69, 9.17) is 9.47 Å². The van der Waals surface area contributed by atoms with Crippen LogP contribution >= 0.6 is 11.3 Å². The molecule has 7 nitrogen and oxygen atoms in total. The van der Waals surface area contributed by atoms with E-state index in [9.17, 15) is 14.9 Å². The Bertz CT molecular complexity index is 803. The first kappa shape index (κ1) is 19.7. The van der Waals surface area contributed by atoms with Crippen LogP contribution in [0, 0.1) is 17.0 Å². The van der Waals surface area contributed by atoms with Gasteiger partial charge in [0.05, 0.1) is 33.9 Å². The van der Waals surface area contributed by atoms with E-state index >= 15 is 0 Å². The fraction of sp³-hybridized carbons (Fsp3) is 0.389. The van der Waals surface area contributed by atoms with Crippen molar-refractivity contribution in [1.29, 1.82) is 0 Å². The number of carbonyl (C=O) groups is 1. The second-order valence-electron chi connectivity index (χ2n) is 5.58. The van der Waals surface area contributed by atoms with Gasteiger partial charge >= 0.3 is 0 Å². The van der Waals surface area contributed by atoms with Gasteiger partial charge in [-0.15, -0.1) is 11.3 Å². The molecule has 1 N–H and O–H groups in total. The van der Waals surface area contributed by atoms with Crippen LogP contribution in [0.25, 0.3) is 0 Å². The first-order valence-corrected chi connectivity index (χ1v) is 9.14. The van der Waals surface area contributed by atoms with Crippen LogP contribution in [0.5, 0.6) is 11.5 Å². The summed E-state index contributed by atoms with van der Waals surface area (Å²) in [4.78, 5) is 23.7. The summed E-state index contributed by atoms with van der Waals surface area (Å²) in [6.45, 7) is 8.29. The molecule has 1 atom stereocenters. The fourth-order valence-corrected chi connectivity index (χ4v) is 3.34. The largest absolute Gasteiger partial charge is 0.490 e. The molecule has 0 radical (unpaired) electrons. The van der Waals surface area contributed by atoms with Gasteiger partial charge in [-0.05, 0) is 45.4 Å². The monoisotopic (exact) mass is 378 g/mol. The van der Waals surface area contributed by atoms with Crippen molar-refractivity contribution in [2.45, 2.75) is 33.7 Å². The average molecular weight is 378 g/mol. The molecule has 0 aliphatic carbocycles. The lowest BCUT2D eigenvalue weighted by atomic mass is 10.1. The number of ether oxygens (including phenoxy) is 2. The SMILES string of the molecule is CCOc1ccc(C(C)NC(=O)c2cc([N+](=O)[O-])c(C)s2)cc1OCC. The van der Waals surface area contributed by atoms with Crippen LogP contribution in [0.1, 0.15) is 46.9 Å². The maximum Gasteiger partial charge on any atom is 0.283 e. The number of benzene rings is 1. The van der Waals surface area contributed by atoms with Gasteiger partial charge in [0.2, 0.25) is 0 Å². The highest BCUT2D eigenvalue weighted by atomic mass is 32.1. The van der Waals surface area contributed by atoms with Gasteiger partial charge in [-0.1, -0.05) is 6.07 Å². The fourth-order valence-electron chi connectivity index (χ4n) is 2.45. The van der Waals surface area contributed by atoms with E-state index in [1.54, 1.807) is 6.92 Å². The number of nitrogens with one attached hydrogen (secondary N) is 1. The standard InChI is InChI=1S/C18H22N2O5S/c1-5-24-15-8-7-13(9-16(15)25-6-2)11(3)19-18(21)17-10-14(20(22)23)12(4)26-17/h7-11H,5-6H2,1-4H3,(H,19,21). The zero-order valence-electron chi connectivity index (χ0n) is 15.2. The Hall–Kier alpha value is -2.61. The maximum atomic E-state index is 12.4. The van der Waals surface area contributed by atoms with Crippen LogP contribution in [-0.4, -0.2) is 24.0 Å². The summed E-state index contributed by atoms with van der Waals surface area (Å²) in [6.07, 6.45) is 0. The smallest absolute Gasteiger partial charge is 0.283 e. The van der Waals surface area contributed by atoms with Gasteiger partial charge in [-0.2, -0.15) is 0 Å². The normalized spacial score (nSPS) is 11.7. The van der Waals surface area contributed by atoms with Crippen LogP contribution < -0.4 is 14.8 Å². The molecule has 8 heteroatoms. The Morgan fingerprint density at radius 2 is 1.88 bits per heavy atom. The number of rotatable bonds is 8. The number of aryl methyl sites for hydroxylation is 1. The predicted octanol–water partition coefficient (Wildman–Crippen LogP) is 4.25. The molecule has 0 saturated carbocycles. The molecular formula is C18H22N2O5S. The molecule has 2 aromatic rings. The molecule has 0 aliphatic heterocycles. The summed E-state index contributed by atoms with van der Waals surface area (Å²) >= 11 is 1.11. The van der Waals surface area contributed by atoms with E-state index in [2.05, 4.69) is 5.32 Å². The number of carbonyl (C=O) groups excluding carboxylic acids is 1. The molecule has 2 rings (SSSR count). The minimum atomic E-state index is -0.479. The van der Waals surface area contributed by atoms with Gasteiger partial charge in [0, 0.05) is 6.07 Å². The van der Waals surface area contributed by atoms with Crippen molar-refractivity contribution < 1.29 is 19.2 Å². The van der Waals surface area contributed by atoms with Crippen molar-refractivity contribution in [1.82, 2.24) is 5.32 Å². The topological polar surface area (TPSA) is 90.7 Å². The number of amides is 1. The van der Waals surface area contributed by atoms with Crippen LogP contribution in [0.4, 0.5) is 5.69 Å². The van der Waals surface area contributed by atoms with Crippen molar-refractivity contribution in [3.05, 3.63) is 49.7 Å². The molecule has 1 aromatic carbocycles. The number of thiophene rings is 1. The molecule has 0 fully saturated rings. The second kappa shape index (κ2) is 8.66. The molecular weight excluding hydrogens is 356 g/mol. The number of nitrogens with zero attached hydrogens (tertiary/aromatic N) is 1. The predicted molar refractivity (Wildman–Crippen MR) is 100 cm³/mol. The van der Waals surface area contributed by atoms with Crippen molar-refractivity contribution in [3.63, 3.8) is 0 Å². The molecule has 1 unspecified atom stereocenters. The van der Waals surface area contributed by atoms with Crippen molar-refractivity contribution in [2.24, 2.45) is 0 Å². The Balaban J connectivity index is 2.17. The first-order valence-electron chi connectivity index (χ1n) is 8.32. The Morgan fingerprint density at radius 1 is 1.23 bits per heavy atom. The average Bonchev–Trinajstić information content (AvgIpc) is 2.99. The third-order valence-electron chi connectivity index (χ3n) is 3.73. The summed E-state index contributed by atoms with van der Waals surface area (Å²) in [5.74, 6) is 0.933. The van der Waals surface area contributed by atoms with E-state index in [0.717, 1.165) is 16.9 Å². The summed E-state index contributed by atoms with van der Waals surface area (Å²) < 4.78 is 11.1. The van der Waals surface area contributed by atoms with Crippen LogP contribution in [-0.2, 0) is 0 Å². The lowest BCUT2D eigenvalue weighted by Gasteiger charge is -2.17. The van der Waals surface area contributed by atoms with Gasteiger partial charge < -0.3 is 14.8 Å². The Labute approximate surface area is 156 Å². The van der Waals surface area contributed by atoms with E-state index < -0.39 is 4.92 Å². The van der Waals surface area contributed by atoms with Gasteiger partial charge in [0.1, 0.15) is 0 Å². The highest BCUT2D eigenvalue weighted by Crippen LogP contribution is 2.32. The van der Waals surface area contributed by atoms with E-state index in [-0.39, 0.29) is 17.6 Å². The molecule has 0 saturated heterocycles. The summed E-state index contributed by atoms with van der Waals surface area (Å²) in [5.41, 5.74) is 0.820. The van der Waals surface area contributed by atoms with Crippen LogP contribution in [0.2, 0.25) is 0 Å². The van der Waals surface area contributed by atoms with Crippen LogP contribution in [0.15, 0.2) is 24.3 Å². The van der Waals surface area contributed by atoms with Gasteiger partial charge in [0.25, 0.3) is 11.6 Å². The third kappa shape index (κ3) is 4.51. The Kier molecular flexibility index (Phi) is 6.57. The van der Waals surface area contributed by atoms with E-state index in [1.165, 1.54) is 6.07 Å². The lowest BCUT2D eigenvalue weighted by molar-refractivity contribution is -0.385.